The molecule has 104 valence electrons. The molecule has 0 radical (unpaired) electrons. The SMILES string of the molecule is Cc1oc2c(=O)n(C(C)C)c(=O)n(C(C)C)c2c1C. The molecule has 0 fully saturated rings. The van der Waals surface area contributed by atoms with Gasteiger partial charge in [0.2, 0.25) is 5.58 Å². The number of hydrogen-bond acceptors (Lipinski definition) is 3. The van der Waals surface area contributed by atoms with Crippen LogP contribution in [0.15, 0.2) is 14.0 Å². The van der Waals surface area contributed by atoms with Crippen molar-refractivity contribution < 1.29 is 4.42 Å². The minimum atomic E-state index is -0.344. The van der Waals surface area contributed by atoms with E-state index >= 15 is 0 Å². The van der Waals surface area contributed by atoms with Gasteiger partial charge in [-0.1, -0.05) is 0 Å². The summed E-state index contributed by atoms with van der Waals surface area (Å²) in [5, 5.41) is 0. The molecule has 0 aliphatic heterocycles. The molecule has 0 amide bonds. The summed E-state index contributed by atoms with van der Waals surface area (Å²) >= 11 is 0. The van der Waals surface area contributed by atoms with Gasteiger partial charge in [-0.25, -0.2) is 4.79 Å². The number of aromatic nitrogens is 2. The second-order valence-electron chi connectivity index (χ2n) is 5.48. The third-order valence-corrected chi connectivity index (χ3v) is 3.45. The first-order valence-corrected chi connectivity index (χ1v) is 6.54. The monoisotopic (exact) mass is 264 g/mol. The van der Waals surface area contributed by atoms with Crippen molar-refractivity contribution in [1.29, 1.82) is 0 Å². The lowest BCUT2D eigenvalue weighted by molar-refractivity contribution is 0.477. The number of aryl methyl sites for hydroxylation is 2. The quantitative estimate of drug-likeness (QED) is 0.837. The van der Waals surface area contributed by atoms with Gasteiger partial charge in [0, 0.05) is 17.6 Å². The van der Waals surface area contributed by atoms with E-state index in [0.717, 1.165) is 5.56 Å². The van der Waals surface area contributed by atoms with E-state index in [4.69, 9.17) is 4.42 Å². The van der Waals surface area contributed by atoms with E-state index < -0.39 is 0 Å². The maximum Gasteiger partial charge on any atom is 0.332 e. The molecule has 5 heteroatoms. The van der Waals surface area contributed by atoms with Crippen LogP contribution in [0, 0.1) is 13.8 Å². The Hall–Kier alpha value is -1.78. The lowest BCUT2D eigenvalue weighted by Gasteiger charge is -2.16. The van der Waals surface area contributed by atoms with Gasteiger partial charge in [-0.15, -0.1) is 0 Å². The summed E-state index contributed by atoms with van der Waals surface area (Å²) in [4.78, 5) is 24.9. The number of nitrogens with zero attached hydrogens (tertiary/aromatic N) is 2. The molecule has 2 aromatic heterocycles. The lowest BCUT2D eigenvalue weighted by atomic mass is 10.2. The van der Waals surface area contributed by atoms with Crippen LogP contribution in [0.4, 0.5) is 0 Å². The number of furan rings is 1. The zero-order chi connectivity index (χ0) is 14.5. The molecule has 2 aromatic rings. The Bertz CT molecular complexity index is 745. The van der Waals surface area contributed by atoms with Crippen LogP contribution in [0.3, 0.4) is 0 Å². The molecule has 0 N–H and O–H groups in total. The first-order valence-electron chi connectivity index (χ1n) is 6.54. The van der Waals surface area contributed by atoms with Gasteiger partial charge in [0.15, 0.2) is 0 Å². The Morgan fingerprint density at radius 2 is 1.47 bits per heavy atom. The summed E-state index contributed by atoms with van der Waals surface area (Å²) in [6, 6.07) is -0.226. The van der Waals surface area contributed by atoms with Crippen LogP contribution < -0.4 is 11.2 Å². The zero-order valence-corrected chi connectivity index (χ0v) is 12.3. The van der Waals surface area contributed by atoms with Gasteiger partial charge >= 0.3 is 5.69 Å². The average molecular weight is 264 g/mol. The number of fused-ring (bicyclic) bond motifs is 1. The Morgan fingerprint density at radius 3 is 1.95 bits per heavy atom. The molecule has 2 rings (SSSR count). The Balaban J connectivity index is 3.14. The number of rotatable bonds is 2. The molecule has 0 unspecified atom stereocenters. The van der Waals surface area contributed by atoms with Gasteiger partial charge in [-0.2, -0.15) is 0 Å². The highest BCUT2D eigenvalue weighted by Gasteiger charge is 2.22. The van der Waals surface area contributed by atoms with Crippen molar-refractivity contribution in [3.63, 3.8) is 0 Å². The predicted molar refractivity (Wildman–Crippen MR) is 75.0 cm³/mol. The third-order valence-electron chi connectivity index (χ3n) is 3.45. The first kappa shape index (κ1) is 13.6. The summed E-state index contributed by atoms with van der Waals surface area (Å²) in [5.74, 6) is 0.683. The molecule has 0 aromatic carbocycles. The molecule has 0 aliphatic carbocycles. The standard InChI is InChI=1S/C14H20N2O3/c1-7(2)15-11-9(5)10(6)19-12(11)13(17)16(8(3)4)14(15)18/h7-8H,1-6H3. The van der Waals surface area contributed by atoms with Crippen LogP contribution in [0.2, 0.25) is 0 Å². The van der Waals surface area contributed by atoms with Crippen molar-refractivity contribution in [1.82, 2.24) is 9.13 Å². The maximum absolute atomic E-state index is 12.5. The van der Waals surface area contributed by atoms with Crippen molar-refractivity contribution in [2.45, 2.75) is 53.6 Å². The Kier molecular flexibility index (Phi) is 3.16. The minimum Gasteiger partial charge on any atom is -0.454 e. The summed E-state index contributed by atoms with van der Waals surface area (Å²) in [7, 11) is 0. The molecule has 2 heterocycles. The first-order chi connectivity index (χ1) is 8.77. The van der Waals surface area contributed by atoms with Crippen LogP contribution in [-0.2, 0) is 0 Å². The predicted octanol–water partition coefficient (Wildman–Crippen LogP) is 2.53. The zero-order valence-electron chi connectivity index (χ0n) is 12.3. The van der Waals surface area contributed by atoms with E-state index in [1.165, 1.54) is 4.57 Å². The smallest absolute Gasteiger partial charge is 0.332 e. The molecular formula is C14H20N2O3. The maximum atomic E-state index is 12.5. The van der Waals surface area contributed by atoms with Crippen molar-refractivity contribution in [3.8, 4) is 0 Å². The highest BCUT2D eigenvalue weighted by atomic mass is 16.3. The fourth-order valence-electron chi connectivity index (χ4n) is 2.39. The molecular weight excluding hydrogens is 244 g/mol. The fraction of sp³-hybridized carbons (Fsp3) is 0.571. The molecule has 0 spiro atoms. The van der Waals surface area contributed by atoms with Crippen LogP contribution in [0.25, 0.3) is 11.1 Å². The van der Waals surface area contributed by atoms with Gasteiger partial charge in [0.05, 0.1) is 0 Å². The average Bonchev–Trinajstić information content (AvgIpc) is 2.56. The second-order valence-corrected chi connectivity index (χ2v) is 5.48. The van der Waals surface area contributed by atoms with Crippen molar-refractivity contribution in [2.75, 3.05) is 0 Å². The summed E-state index contributed by atoms with van der Waals surface area (Å²) < 4.78 is 8.47. The lowest BCUT2D eigenvalue weighted by Crippen LogP contribution is -2.41. The molecule has 5 nitrogen and oxygen atoms in total. The Morgan fingerprint density at radius 1 is 0.947 bits per heavy atom. The van der Waals surface area contributed by atoms with Crippen molar-refractivity contribution in [3.05, 3.63) is 32.2 Å². The fourth-order valence-corrected chi connectivity index (χ4v) is 2.39. The van der Waals surface area contributed by atoms with Gasteiger partial charge in [-0.3, -0.25) is 13.9 Å². The van der Waals surface area contributed by atoms with Crippen molar-refractivity contribution in [2.24, 2.45) is 0 Å². The largest absolute Gasteiger partial charge is 0.454 e. The highest BCUT2D eigenvalue weighted by molar-refractivity contribution is 5.77. The summed E-state index contributed by atoms with van der Waals surface area (Å²) in [5.41, 5.74) is 1.14. The van der Waals surface area contributed by atoms with E-state index in [2.05, 4.69) is 0 Å². The van der Waals surface area contributed by atoms with E-state index in [9.17, 15) is 9.59 Å². The van der Waals surface area contributed by atoms with Crippen molar-refractivity contribution >= 4 is 11.1 Å². The van der Waals surface area contributed by atoms with Crippen LogP contribution in [0.5, 0.6) is 0 Å². The van der Waals surface area contributed by atoms with Crippen LogP contribution >= 0.6 is 0 Å². The molecule has 0 saturated heterocycles. The van der Waals surface area contributed by atoms with E-state index in [-0.39, 0.29) is 28.9 Å². The van der Waals surface area contributed by atoms with Gasteiger partial charge < -0.3 is 4.42 Å². The van der Waals surface area contributed by atoms with Gasteiger partial charge in [0.1, 0.15) is 11.3 Å². The molecule has 0 atom stereocenters. The van der Waals surface area contributed by atoms with Crippen LogP contribution in [0.1, 0.15) is 51.1 Å². The third kappa shape index (κ3) is 1.84. The summed E-state index contributed by atoms with van der Waals surface area (Å²) in [6.07, 6.45) is 0. The summed E-state index contributed by atoms with van der Waals surface area (Å²) in [6.45, 7) is 11.2. The topological polar surface area (TPSA) is 57.1 Å². The highest BCUT2D eigenvalue weighted by Crippen LogP contribution is 2.23. The molecule has 19 heavy (non-hydrogen) atoms. The van der Waals surface area contributed by atoms with E-state index in [0.29, 0.717) is 11.3 Å². The molecule has 0 aliphatic rings. The van der Waals surface area contributed by atoms with Crippen LogP contribution in [-0.4, -0.2) is 9.13 Å². The molecule has 0 saturated carbocycles. The normalized spacial score (nSPS) is 12.0. The Labute approximate surface area is 111 Å². The molecule has 0 bridgehead atoms. The van der Waals surface area contributed by atoms with Gasteiger partial charge in [0.25, 0.3) is 5.56 Å². The minimum absolute atomic E-state index is 0.0312. The van der Waals surface area contributed by atoms with E-state index in [1.54, 1.807) is 4.57 Å². The van der Waals surface area contributed by atoms with Gasteiger partial charge in [-0.05, 0) is 41.5 Å². The second kappa shape index (κ2) is 4.40. The van der Waals surface area contributed by atoms with E-state index in [1.807, 2.05) is 41.5 Å². The number of hydrogen-bond donors (Lipinski definition) is 0.